The Morgan fingerprint density at radius 1 is 1.37 bits per heavy atom. The largest absolute Gasteiger partial charge is 0.465 e. The van der Waals surface area contributed by atoms with Crippen LogP contribution in [0.25, 0.3) is 0 Å². The van der Waals surface area contributed by atoms with Crippen LogP contribution < -0.4 is 5.32 Å². The van der Waals surface area contributed by atoms with E-state index in [1.165, 1.54) is 7.11 Å². The molecule has 5 heteroatoms. The van der Waals surface area contributed by atoms with Crippen LogP contribution in [-0.2, 0) is 11.3 Å². The summed E-state index contributed by atoms with van der Waals surface area (Å²) in [6, 6.07) is 9.28. The first-order valence-corrected chi connectivity index (χ1v) is 6.85. The average Bonchev–Trinajstić information content (AvgIpc) is 2.82. The second kappa shape index (κ2) is 6.10. The van der Waals surface area contributed by atoms with Gasteiger partial charge in [0, 0.05) is 5.69 Å². The lowest BCUT2D eigenvalue weighted by atomic mass is 10.1. The normalized spacial score (nSPS) is 10.3. The number of furan rings is 1. The molecule has 1 aromatic carbocycles. The number of nitrogens with one attached hydrogen (secondary N) is 1. The number of ether oxygens (including phenoxy) is 1. The van der Waals surface area contributed by atoms with E-state index >= 15 is 0 Å². The van der Waals surface area contributed by atoms with Gasteiger partial charge < -0.3 is 14.5 Å². The maximum atomic E-state index is 11.4. The van der Waals surface area contributed by atoms with Crippen LogP contribution >= 0.6 is 22.6 Å². The number of hydrogen-bond acceptors (Lipinski definition) is 4. The molecule has 0 unspecified atom stereocenters. The summed E-state index contributed by atoms with van der Waals surface area (Å²) in [7, 11) is 1.38. The van der Waals surface area contributed by atoms with Crippen molar-refractivity contribution in [2.45, 2.75) is 13.5 Å². The van der Waals surface area contributed by atoms with Gasteiger partial charge in [-0.1, -0.05) is 0 Å². The summed E-state index contributed by atoms with van der Waals surface area (Å²) >= 11 is 2.13. The number of hydrogen-bond donors (Lipinski definition) is 1. The predicted octanol–water partition coefficient (Wildman–Crippen LogP) is 3.59. The molecular weight excluding hydrogens is 357 g/mol. The molecule has 0 aliphatic carbocycles. The van der Waals surface area contributed by atoms with E-state index in [0.717, 1.165) is 20.8 Å². The van der Waals surface area contributed by atoms with Gasteiger partial charge >= 0.3 is 5.97 Å². The average molecular weight is 371 g/mol. The lowest BCUT2D eigenvalue weighted by Crippen LogP contribution is -2.04. The molecule has 1 aromatic heterocycles. The molecule has 0 bridgehead atoms. The van der Waals surface area contributed by atoms with Gasteiger partial charge in [0.15, 0.2) is 3.77 Å². The first-order chi connectivity index (χ1) is 9.10. The fourth-order valence-corrected chi connectivity index (χ4v) is 2.20. The van der Waals surface area contributed by atoms with E-state index in [4.69, 9.17) is 4.42 Å². The summed E-state index contributed by atoms with van der Waals surface area (Å²) in [5.74, 6) is 0.552. The molecule has 0 spiro atoms. The predicted molar refractivity (Wildman–Crippen MR) is 81.3 cm³/mol. The van der Waals surface area contributed by atoms with Crippen LogP contribution in [0.3, 0.4) is 0 Å². The molecule has 1 heterocycles. The van der Waals surface area contributed by atoms with Crippen LogP contribution in [0.2, 0.25) is 0 Å². The van der Waals surface area contributed by atoms with E-state index in [0.29, 0.717) is 12.1 Å². The van der Waals surface area contributed by atoms with Gasteiger partial charge in [-0.05, 0) is 65.4 Å². The minimum absolute atomic E-state index is 0.324. The molecule has 2 aromatic rings. The highest BCUT2D eigenvalue weighted by molar-refractivity contribution is 14.1. The number of carbonyl (C=O) groups is 1. The highest BCUT2D eigenvalue weighted by atomic mass is 127. The quantitative estimate of drug-likeness (QED) is 0.659. The SMILES string of the molecule is COC(=O)c1ccc(NCc2ccc(I)o2)c(C)c1. The number of rotatable bonds is 4. The lowest BCUT2D eigenvalue weighted by Gasteiger charge is -2.09. The minimum atomic E-state index is -0.324. The zero-order valence-corrected chi connectivity index (χ0v) is 12.9. The number of anilines is 1. The Hall–Kier alpha value is -1.50. The molecule has 2 rings (SSSR count). The monoisotopic (exact) mass is 371 g/mol. The van der Waals surface area contributed by atoms with Crippen molar-refractivity contribution in [1.82, 2.24) is 0 Å². The van der Waals surface area contributed by atoms with Crippen LogP contribution in [0.5, 0.6) is 0 Å². The van der Waals surface area contributed by atoms with Crippen molar-refractivity contribution < 1.29 is 13.9 Å². The van der Waals surface area contributed by atoms with Gasteiger partial charge in [0.2, 0.25) is 0 Å². The van der Waals surface area contributed by atoms with Gasteiger partial charge in [0.05, 0.1) is 19.2 Å². The third kappa shape index (κ3) is 3.50. The van der Waals surface area contributed by atoms with Gasteiger partial charge in [-0.3, -0.25) is 0 Å². The maximum absolute atomic E-state index is 11.4. The molecule has 0 aliphatic heterocycles. The third-order valence-electron chi connectivity index (χ3n) is 2.73. The maximum Gasteiger partial charge on any atom is 0.337 e. The molecule has 0 radical (unpaired) electrons. The third-order valence-corrected chi connectivity index (χ3v) is 3.31. The molecule has 0 fully saturated rings. The van der Waals surface area contributed by atoms with Crippen LogP contribution in [-0.4, -0.2) is 13.1 Å². The van der Waals surface area contributed by atoms with Crippen LogP contribution in [0.1, 0.15) is 21.7 Å². The molecule has 100 valence electrons. The van der Waals surface area contributed by atoms with Gasteiger partial charge in [0.25, 0.3) is 0 Å². The Morgan fingerprint density at radius 3 is 2.74 bits per heavy atom. The summed E-state index contributed by atoms with van der Waals surface area (Å²) in [6.07, 6.45) is 0. The van der Waals surface area contributed by atoms with Gasteiger partial charge in [0.1, 0.15) is 5.76 Å². The zero-order valence-electron chi connectivity index (χ0n) is 10.7. The van der Waals surface area contributed by atoms with E-state index in [9.17, 15) is 4.79 Å². The summed E-state index contributed by atoms with van der Waals surface area (Å²) in [6.45, 7) is 2.56. The van der Waals surface area contributed by atoms with Crippen molar-refractivity contribution in [3.8, 4) is 0 Å². The number of benzene rings is 1. The molecule has 19 heavy (non-hydrogen) atoms. The summed E-state index contributed by atoms with van der Waals surface area (Å²) in [5, 5.41) is 3.28. The van der Waals surface area contributed by atoms with Crippen molar-refractivity contribution in [1.29, 1.82) is 0 Å². The number of esters is 1. The summed E-state index contributed by atoms with van der Waals surface area (Å²) < 4.78 is 11.0. The number of halogens is 1. The van der Waals surface area contributed by atoms with Crippen LogP contribution in [0.15, 0.2) is 34.7 Å². The van der Waals surface area contributed by atoms with Gasteiger partial charge in [-0.2, -0.15) is 0 Å². The molecular formula is C14H14INO3. The van der Waals surface area contributed by atoms with E-state index < -0.39 is 0 Å². The van der Waals surface area contributed by atoms with Crippen molar-refractivity contribution in [2.24, 2.45) is 0 Å². The van der Waals surface area contributed by atoms with E-state index in [1.54, 1.807) is 12.1 Å². The molecule has 1 N–H and O–H groups in total. The Bertz CT molecular complexity index is 592. The molecule has 0 aliphatic rings. The fourth-order valence-electron chi connectivity index (χ4n) is 1.74. The smallest absolute Gasteiger partial charge is 0.337 e. The van der Waals surface area contributed by atoms with E-state index in [-0.39, 0.29) is 5.97 Å². The first kappa shape index (κ1) is 13.9. The zero-order chi connectivity index (χ0) is 13.8. The highest BCUT2D eigenvalue weighted by Crippen LogP contribution is 2.19. The Kier molecular flexibility index (Phi) is 4.47. The van der Waals surface area contributed by atoms with E-state index in [1.807, 2.05) is 25.1 Å². The Labute approximate surface area is 125 Å². The van der Waals surface area contributed by atoms with Crippen LogP contribution in [0, 0.1) is 10.7 Å². The standard InChI is InChI=1S/C14H14INO3/c1-9-7-10(14(17)18-2)3-5-12(9)16-8-11-4-6-13(15)19-11/h3-7,16H,8H2,1-2H3. The Balaban J connectivity index is 2.07. The molecule has 0 atom stereocenters. The van der Waals surface area contributed by atoms with Crippen molar-refractivity contribution in [3.05, 3.63) is 51.0 Å². The fraction of sp³-hybridized carbons (Fsp3) is 0.214. The highest BCUT2D eigenvalue weighted by Gasteiger charge is 2.07. The minimum Gasteiger partial charge on any atom is -0.465 e. The molecule has 0 saturated heterocycles. The second-order valence-electron chi connectivity index (χ2n) is 4.08. The first-order valence-electron chi connectivity index (χ1n) is 5.77. The van der Waals surface area contributed by atoms with Crippen LogP contribution in [0.4, 0.5) is 5.69 Å². The topological polar surface area (TPSA) is 51.5 Å². The number of methoxy groups -OCH3 is 1. The number of aryl methyl sites for hydroxylation is 1. The number of carbonyl (C=O) groups excluding carboxylic acids is 1. The van der Waals surface area contributed by atoms with Crippen molar-refractivity contribution in [2.75, 3.05) is 12.4 Å². The second-order valence-corrected chi connectivity index (χ2v) is 5.14. The van der Waals surface area contributed by atoms with Crippen molar-refractivity contribution >= 4 is 34.2 Å². The molecule has 0 saturated carbocycles. The molecule has 4 nitrogen and oxygen atoms in total. The summed E-state index contributed by atoms with van der Waals surface area (Å²) in [5.41, 5.74) is 2.52. The Morgan fingerprint density at radius 2 is 2.16 bits per heavy atom. The molecule has 0 amide bonds. The lowest BCUT2D eigenvalue weighted by molar-refractivity contribution is 0.0600. The van der Waals surface area contributed by atoms with Crippen molar-refractivity contribution in [3.63, 3.8) is 0 Å². The summed E-state index contributed by atoms with van der Waals surface area (Å²) in [4.78, 5) is 11.4. The van der Waals surface area contributed by atoms with Gasteiger partial charge in [-0.25, -0.2) is 4.79 Å². The van der Waals surface area contributed by atoms with Gasteiger partial charge in [-0.15, -0.1) is 0 Å². The van der Waals surface area contributed by atoms with E-state index in [2.05, 4.69) is 32.6 Å².